The largest absolute Gasteiger partial charge is 0.492 e. The second-order valence-electron chi connectivity index (χ2n) is 6.25. The summed E-state index contributed by atoms with van der Waals surface area (Å²) in [5.41, 5.74) is 2.65. The normalized spacial score (nSPS) is 20.9. The zero-order valence-corrected chi connectivity index (χ0v) is 15.0. The molecular weight excluding hydrogens is 384 g/mol. The molecular formula is C19H17BrN2O3. The molecule has 0 saturated heterocycles. The van der Waals surface area contributed by atoms with Crippen molar-refractivity contribution in [3.8, 4) is 5.75 Å². The van der Waals surface area contributed by atoms with Gasteiger partial charge in [0.1, 0.15) is 5.75 Å². The van der Waals surface area contributed by atoms with Gasteiger partial charge in [-0.2, -0.15) is 0 Å². The maximum atomic E-state index is 12.6. The number of fused-ring (bicyclic) bond motifs is 2. The number of ether oxygens (including phenoxy) is 1. The third-order valence-corrected chi connectivity index (χ3v) is 5.29. The average Bonchev–Trinajstić information content (AvgIpc) is 2.92. The molecule has 0 aliphatic carbocycles. The molecule has 2 amide bonds. The van der Waals surface area contributed by atoms with E-state index in [0.29, 0.717) is 13.0 Å². The van der Waals surface area contributed by atoms with Crippen LogP contribution in [0.4, 0.5) is 5.69 Å². The number of para-hydroxylation sites is 2. The van der Waals surface area contributed by atoms with Gasteiger partial charge in [-0.05, 0) is 33.6 Å². The Morgan fingerprint density at radius 3 is 2.88 bits per heavy atom. The summed E-state index contributed by atoms with van der Waals surface area (Å²) in [4.78, 5) is 24.8. The molecule has 2 aromatic carbocycles. The molecule has 0 aromatic heterocycles. The molecule has 0 radical (unpaired) electrons. The van der Waals surface area contributed by atoms with Crippen LogP contribution < -0.4 is 15.4 Å². The highest BCUT2D eigenvalue weighted by molar-refractivity contribution is 9.10. The van der Waals surface area contributed by atoms with Gasteiger partial charge in [0, 0.05) is 24.1 Å². The number of benzene rings is 2. The molecule has 2 aromatic rings. The first-order valence-electron chi connectivity index (χ1n) is 8.24. The topological polar surface area (TPSA) is 67.4 Å². The van der Waals surface area contributed by atoms with Crippen molar-refractivity contribution in [2.24, 2.45) is 0 Å². The van der Waals surface area contributed by atoms with Gasteiger partial charge in [0.25, 0.3) is 0 Å². The van der Waals surface area contributed by atoms with Crippen LogP contribution in [-0.2, 0) is 9.59 Å². The Balaban J connectivity index is 1.49. The number of nitrogens with one attached hydrogen (secondary N) is 2. The Morgan fingerprint density at radius 1 is 1.20 bits per heavy atom. The lowest BCUT2D eigenvalue weighted by Gasteiger charge is -2.27. The van der Waals surface area contributed by atoms with Crippen LogP contribution >= 0.6 is 15.9 Å². The van der Waals surface area contributed by atoms with Crippen molar-refractivity contribution < 1.29 is 14.3 Å². The van der Waals surface area contributed by atoms with Crippen LogP contribution in [0.25, 0.3) is 0 Å². The standard InChI is InChI=1S/C19H17BrN2O3/c20-14-6-3-5-12-16(8-9-25-18(12)14)21-17(23)10-13-11-4-1-2-7-15(11)22-19(13)24/h1-7,13,16H,8-10H2,(H,21,23)(H,22,24)/t13-,16+/m1/s1. The summed E-state index contributed by atoms with van der Waals surface area (Å²) in [6, 6.07) is 13.2. The molecule has 4 rings (SSSR count). The average molecular weight is 401 g/mol. The number of hydrogen-bond donors (Lipinski definition) is 2. The number of carbonyl (C=O) groups is 2. The summed E-state index contributed by atoms with van der Waals surface area (Å²) < 4.78 is 6.58. The van der Waals surface area contributed by atoms with Crippen molar-refractivity contribution >= 4 is 33.4 Å². The van der Waals surface area contributed by atoms with E-state index < -0.39 is 5.92 Å². The molecule has 128 valence electrons. The Hall–Kier alpha value is -2.34. The molecule has 5 nitrogen and oxygen atoms in total. The van der Waals surface area contributed by atoms with Gasteiger partial charge in [-0.15, -0.1) is 0 Å². The second kappa shape index (κ2) is 6.52. The van der Waals surface area contributed by atoms with Crippen molar-refractivity contribution in [2.45, 2.75) is 24.8 Å². The molecule has 0 spiro atoms. The molecule has 2 aliphatic heterocycles. The van der Waals surface area contributed by atoms with Crippen LogP contribution in [0.3, 0.4) is 0 Å². The molecule has 0 saturated carbocycles. The number of halogens is 1. The highest BCUT2D eigenvalue weighted by Crippen LogP contribution is 2.38. The predicted octanol–water partition coefficient (Wildman–Crippen LogP) is 3.51. The minimum atomic E-state index is -0.432. The van der Waals surface area contributed by atoms with Crippen molar-refractivity contribution in [3.63, 3.8) is 0 Å². The summed E-state index contributed by atoms with van der Waals surface area (Å²) in [5, 5.41) is 5.90. The quantitative estimate of drug-likeness (QED) is 0.827. The fourth-order valence-electron chi connectivity index (χ4n) is 3.45. The Bertz CT molecular complexity index is 852. The molecule has 0 fully saturated rings. The molecule has 0 bridgehead atoms. The molecule has 2 N–H and O–H groups in total. The lowest BCUT2D eigenvalue weighted by atomic mass is 9.95. The monoisotopic (exact) mass is 400 g/mol. The molecule has 2 atom stereocenters. The van der Waals surface area contributed by atoms with Crippen LogP contribution in [-0.4, -0.2) is 18.4 Å². The van der Waals surface area contributed by atoms with Crippen LogP contribution in [0.5, 0.6) is 5.75 Å². The molecule has 25 heavy (non-hydrogen) atoms. The van der Waals surface area contributed by atoms with Crippen molar-refractivity contribution in [1.82, 2.24) is 5.32 Å². The number of carbonyl (C=O) groups excluding carboxylic acids is 2. The van der Waals surface area contributed by atoms with Gasteiger partial charge in [-0.25, -0.2) is 0 Å². The Morgan fingerprint density at radius 2 is 2.00 bits per heavy atom. The first kappa shape index (κ1) is 16.1. The summed E-state index contributed by atoms with van der Waals surface area (Å²) in [7, 11) is 0. The van der Waals surface area contributed by atoms with E-state index in [1.54, 1.807) is 0 Å². The van der Waals surface area contributed by atoms with Gasteiger partial charge >= 0.3 is 0 Å². The van der Waals surface area contributed by atoms with Crippen LogP contribution in [0.2, 0.25) is 0 Å². The van der Waals surface area contributed by atoms with E-state index in [-0.39, 0.29) is 24.3 Å². The van der Waals surface area contributed by atoms with E-state index in [4.69, 9.17) is 4.74 Å². The fraction of sp³-hybridized carbons (Fsp3) is 0.263. The molecule has 2 aliphatic rings. The zero-order valence-electron chi connectivity index (χ0n) is 13.4. The van der Waals surface area contributed by atoms with E-state index in [1.165, 1.54) is 0 Å². The zero-order chi connectivity index (χ0) is 17.4. The van der Waals surface area contributed by atoms with Gasteiger partial charge in [-0.1, -0.05) is 30.3 Å². The van der Waals surface area contributed by atoms with Crippen molar-refractivity contribution in [3.05, 3.63) is 58.1 Å². The first-order valence-corrected chi connectivity index (χ1v) is 9.03. The van der Waals surface area contributed by atoms with Crippen molar-refractivity contribution in [2.75, 3.05) is 11.9 Å². The SMILES string of the molecule is O=C(C[C@H]1C(=O)Nc2ccccc21)N[C@H]1CCOc2c(Br)cccc21. The van der Waals surface area contributed by atoms with E-state index in [9.17, 15) is 9.59 Å². The van der Waals surface area contributed by atoms with E-state index >= 15 is 0 Å². The Labute approximate surface area is 153 Å². The molecule has 6 heteroatoms. The van der Waals surface area contributed by atoms with E-state index in [2.05, 4.69) is 26.6 Å². The lowest BCUT2D eigenvalue weighted by molar-refractivity contribution is -0.125. The van der Waals surface area contributed by atoms with Gasteiger partial charge in [-0.3, -0.25) is 9.59 Å². The smallest absolute Gasteiger partial charge is 0.232 e. The molecule has 0 unspecified atom stereocenters. The van der Waals surface area contributed by atoms with Gasteiger partial charge in [0.15, 0.2) is 0 Å². The molecule has 2 heterocycles. The summed E-state index contributed by atoms with van der Waals surface area (Å²) in [5.74, 6) is 0.0992. The third-order valence-electron chi connectivity index (χ3n) is 4.66. The minimum Gasteiger partial charge on any atom is -0.492 e. The van der Waals surface area contributed by atoms with Gasteiger partial charge in [0.05, 0.1) is 23.0 Å². The van der Waals surface area contributed by atoms with Crippen LogP contribution in [0.15, 0.2) is 46.9 Å². The van der Waals surface area contributed by atoms with E-state index in [1.807, 2.05) is 42.5 Å². The first-order chi connectivity index (χ1) is 12.1. The second-order valence-corrected chi connectivity index (χ2v) is 7.10. The number of amides is 2. The highest BCUT2D eigenvalue weighted by Gasteiger charge is 2.33. The lowest BCUT2D eigenvalue weighted by Crippen LogP contribution is -2.33. The summed E-state index contributed by atoms with van der Waals surface area (Å²) >= 11 is 3.48. The van der Waals surface area contributed by atoms with Gasteiger partial charge < -0.3 is 15.4 Å². The number of anilines is 1. The van der Waals surface area contributed by atoms with Gasteiger partial charge in [0.2, 0.25) is 11.8 Å². The third kappa shape index (κ3) is 3.02. The number of rotatable bonds is 3. The van der Waals surface area contributed by atoms with Crippen LogP contribution in [0, 0.1) is 0 Å². The highest BCUT2D eigenvalue weighted by atomic mass is 79.9. The van der Waals surface area contributed by atoms with Crippen LogP contribution in [0.1, 0.15) is 35.9 Å². The van der Waals surface area contributed by atoms with E-state index in [0.717, 1.165) is 27.0 Å². The summed E-state index contributed by atoms with van der Waals surface area (Å²) in [6.07, 6.45) is 0.853. The summed E-state index contributed by atoms with van der Waals surface area (Å²) in [6.45, 7) is 0.549. The minimum absolute atomic E-state index is 0.103. The number of hydrogen-bond acceptors (Lipinski definition) is 3. The maximum Gasteiger partial charge on any atom is 0.232 e. The fourth-order valence-corrected chi connectivity index (χ4v) is 3.95. The van der Waals surface area contributed by atoms with Crippen molar-refractivity contribution in [1.29, 1.82) is 0 Å². The predicted molar refractivity (Wildman–Crippen MR) is 97.6 cm³/mol. The maximum absolute atomic E-state index is 12.6. The Kier molecular flexibility index (Phi) is 4.21.